The maximum Gasteiger partial charge on any atom is 0.233 e. The number of aromatic amines is 1. The minimum Gasteiger partial charge on any atom is -0.493 e. The maximum atomic E-state index is 12.7. The van der Waals surface area contributed by atoms with Crippen molar-refractivity contribution < 1.29 is 19.0 Å². The number of hydrogen-bond donors (Lipinski definition) is 1. The number of nitrogens with one attached hydrogen (secondary N) is 1. The van der Waals surface area contributed by atoms with Crippen LogP contribution in [0.2, 0.25) is 0 Å². The van der Waals surface area contributed by atoms with Gasteiger partial charge in [0, 0.05) is 44.1 Å². The van der Waals surface area contributed by atoms with Crippen molar-refractivity contribution in [1.29, 1.82) is 0 Å². The maximum absolute atomic E-state index is 12.7. The Bertz CT molecular complexity index is 1060. The summed E-state index contributed by atoms with van der Waals surface area (Å²) in [6, 6.07) is 5.37. The molecule has 11 nitrogen and oxygen atoms in total. The first-order valence-electron chi connectivity index (χ1n) is 10.3. The molecule has 2 aromatic heterocycles. The molecule has 1 amide bonds. The van der Waals surface area contributed by atoms with Crippen LogP contribution in [0, 0.1) is 0 Å². The number of amides is 1. The molecule has 3 aromatic rings. The molecular formula is C21H25N7O4S. The summed E-state index contributed by atoms with van der Waals surface area (Å²) < 4.78 is 16.1. The van der Waals surface area contributed by atoms with Crippen molar-refractivity contribution in [2.75, 3.05) is 58.2 Å². The normalized spacial score (nSPS) is 13.7. The van der Waals surface area contributed by atoms with Gasteiger partial charge in [-0.2, -0.15) is 0 Å². The molecule has 12 heteroatoms. The van der Waals surface area contributed by atoms with E-state index < -0.39 is 0 Å². The van der Waals surface area contributed by atoms with Crippen molar-refractivity contribution in [3.63, 3.8) is 0 Å². The van der Waals surface area contributed by atoms with Crippen molar-refractivity contribution in [2.24, 2.45) is 0 Å². The third-order valence-corrected chi connectivity index (χ3v) is 6.03. The molecule has 0 aliphatic carbocycles. The lowest BCUT2D eigenvalue weighted by Gasteiger charge is -2.34. The van der Waals surface area contributed by atoms with Crippen LogP contribution in [-0.4, -0.2) is 89.2 Å². The SMILES string of the molecule is COc1cc(-c2nc(SCC(=O)N3CCN(c4ncccn4)CC3)n[nH]2)cc(OC)c1OC. The molecule has 0 unspecified atom stereocenters. The van der Waals surface area contributed by atoms with E-state index in [0.717, 1.165) is 5.56 Å². The summed E-state index contributed by atoms with van der Waals surface area (Å²) in [4.78, 5) is 29.6. The van der Waals surface area contributed by atoms with Crippen LogP contribution in [-0.2, 0) is 4.79 Å². The quantitative estimate of drug-likeness (QED) is 0.487. The van der Waals surface area contributed by atoms with E-state index in [1.54, 1.807) is 51.9 Å². The van der Waals surface area contributed by atoms with Crippen molar-refractivity contribution in [3.8, 4) is 28.6 Å². The van der Waals surface area contributed by atoms with Gasteiger partial charge in [0.15, 0.2) is 17.3 Å². The number of methoxy groups -OCH3 is 3. The van der Waals surface area contributed by atoms with Gasteiger partial charge in [-0.05, 0) is 18.2 Å². The first-order valence-corrected chi connectivity index (χ1v) is 11.3. The van der Waals surface area contributed by atoms with Gasteiger partial charge in [0.05, 0.1) is 27.1 Å². The topological polar surface area (TPSA) is 119 Å². The smallest absolute Gasteiger partial charge is 0.233 e. The Balaban J connectivity index is 1.34. The second-order valence-corrected chi connectivity index (χ2v) is 8.03. The predicted octanol–water partition coefficient (Wildman–Crippen LogP) is 1.73. The number of ether oxygens (including phenoxy) is 3. The number of aromatic nitrogens is 5. The fourth-order valence-electron chi connectivity index (χ4n) is 3.49. The van der Waals surface area contributed by atoms with Gasteiger partial charge in [-0.25, -0.2) is 15.0 Å². The van der Waals surface area contributed by atoms with Crippen molar-refractivity contribution in [2.45, 2.75) is 5.16 Å². The Morgan fingerprint density at radius 3 is 2.30 bits per heavy atom. The Hall–Kier alpha value is -3.54. The van der Waals surface area contributed by atoms with E-state index in [1.165, 1.54) is 11.8 Å². The lowest BCUT2D eigenvalue weighted by atomic mass is 10.1. The monoisotopic (exact) mass is 471 g/mol. The Morgan fingerprint density at radius 2 is 1.70 bits per heavy atom. The molecule has 1 aromatic carbocycles. The van der Waals surface area contributed by atoms with E-state index in [9.17, 15) is 4.79 Å². The zero-order valence-corrected chi connectivity index (χ0v) is 19.5. The summed E-state index contributed by atoms with van der Waals surface area (Å²) in [6.07, 6.45) is 3.44. The second kappa shape index (κ2) is 10.4. The number of anilines is 1. The van der Waals surface area contributed by atoms with Gasteiger partial charge in [0.2, 0.25) is 22.8 Å². The number of piperazine rings is 1. The van der Waals surface area contributed by atoms with Crippen molar-refractivity contribution in [3.05, 3.63) is 30.6 Å². The molecule has 0 saturated carbocycles. The predicted molar refractivity (Wildman–Crippen MR) is 123 cm³/mol. The summed E-state index contributed by atoms with van der Waals surface area (Å²) >= 11 is 1.29. The number of H-pyrrole nitrogens is 1. The van der Waals surface area contributed by atoms with Gasteiger partial charge in [0.25, 0.3) is 0 Å². The summed E-state index contributed by atoms with van der Waals surface area (Å²) in [6.45, 7) is 2.66. The highest BCUT2D eigenvalue weighted by Gasteiger charge is 2.23. The van der Waals surface area contributed by atoms with Crippen LogP contribution in [0.5, 0.6) is 17.2 Å². The lowest BCUT2D eigenvalue weighted by Crippen LogP contribution is -2.49. The number of carbonyl (C=O) groups excluding carboxylic acids is 1. The zero-order chi connectivity index (χ0) is 23.2. The van der Waals surface area contributed by atoms with Gasteiger partial charge in [-0.3, -0.25) is 9.89 Å². The molecule has 1 N–H and O–H groups in total. The lowest BCUT2D eigenvalue weighted by molar-refractivity contribution is -0.128. The van der Waals surface area contributed by atoms with E-state index in [4.69, 9.17) is 14.2 Å². The fraction of sp³-hybridized carbons (Fsp3) is 0.381. The number of benzene rings is 1. The Labute approximate surface area is 195 Å². The van der Waals surface area contributed by atoms with Gasteiger partial charge in [-0.1, -0.05) is 11.8 Å². The number of rotatable bonds is 8. The van der Waals surface area contributed by atoms with Crippen LogP contribution in [0.3, 0.4) is 0 Å². The largest absolute Gasteiger partial charge is 0.493 e. The molecule has 1 fully saturated rings. The Morgan fingerprint density at radius 1 is 1.03 bits per heavy atom. The van der Waals surface area contributed by atoms with E-state index in [0.29, 0.717) is 60.4 Å². The fourth-order valence-corrected chi connectivity index (χ4v) is 4.19. The third-order valence-electron chi connectivity index (χ3n) is 5.20. The van der Waals surface area contributed by atoms with E-state index in [-0.39, 0.29) is 11.7 Å². The first kappa shape index (κ1) is 22.6. The Kier molecular flexibility index (Phi) is 7.13. The van der Waals surface area contributed by atoms with Crippen LogP contribution in [0.15, 0.2) is 35.7 Å². The third kappa shape index (κ3) is 5.11. The van der Waals surface area contributed by atoms with Gasteiger partial charge in [-0.15, -0.1) is 5.10 Å². The number of carbonyl (C=O) groups is 1. The summed E-state index contributed by atoms with van der Waals surface area (Å²) in [5.41, 5.74) is 0.731. The molecule has 0 radical (unpaired) electrons. The summed E-state index contributed by atoms with van der Waals surface area (Å²) in [5.74, 6) is 3.09. The van der Waals surface area contributed by atoms with Gasteiger partial charge >= 0.3 is 0 Å². The highest BCUT2D eigenvalue weighted by Crippen LogP contribution is 2.40. The molecule has 3 heterocycles. The van der Waals surface area contributed by atoms with Crippen LogP contribution in [0.4, 0.5) is 5.95 Å². The molecule has 4 rings (SSSR count). The molecule has 0 bridgehead atoms. The molecule has 1 aliphatic heterocycles. The second-order valence-electron chi connectivity index (χ2n) is 7.09. The van der Waals surface area contributed by atoms with E-state index in [2.05, 4.69) is 30.0 Å². The number of nitrogens with zero attached hydrogens (tertiary/aromatic N) is 6. The average molecular weight is 472 g/mol. The molecule has 33 heavy (non-hydrogen) atoms. The number of hydrogen-bond acceptors (Lipinski definition) is 10. The zero-order valence-electron chi connectivity index (χ0n) is 18.6. The van der Waals surface area contributed by atoms with E-state index in [1.807, 2.05) is 4.90 Å². The van der Waals surface area contributed by atoms with E-state index >= 15 is 0 Å². The average Bonchev–Trinajstić information content (AvgIpc) is 3.36. The van der Waals surface area contributed by atoms with Crippen LogP contribution in [0.1, 0.15) is 0 Å². The van der Waals surface area contributed by atoms with Gasteiger partial charge in [0.1, 0.15) is 0 Å². The van der Waals surface area contributed by atoms with Crippen LogP contribution >= 0.6 is 11.8 Å². The molecule has 0 atom stereocenters. The van der Waals surface area contributed by atoms with Gasteiger partial charge < -0.3 is 24.0 Å². The highest BCUT2D eigenvalue weighted by molar-refractivity contribution is 7.99. The number of thioether (sulfide) groups is 1. The van der Waals surface area contributed by atoms with Crippen LogP contribution < -0.4 is 19.1 Å². The minimum absolute atomic E-state index is 0.0489. The molecular weight excluding hydrogens is 446 g/mol. The molecule has 1 saturated heterocycles. The summed E-state index contributed by atoms with van der Waals surface area (Å²) in [7, 11) is 4.66. The van der Waals surface area contributed by atoms with Crippen LogP contribution in [0.25, 0.3) is 11.4 Å². The molecule has 1 aliphatic rings. The van der Waals surface area contributed by atoms with Crippen molar-refractivity contribution in [1.82, 2.24) is 30.0 Å². The summed E-state index contributed by atoms with van der Waals surface area (Å²) in [5, 5.41) is 7.63. The van der Waals surface area contributed by atoms with Crippen molar-refractivity contribution >= 4 is 23.6 Å². The molecule has 174 valence electrons. The minimum atomic E-state index is 0.0489. The molecule has 0 spiro atoms. The highest BCUT2D eigenvalue weighted by atomic mass is 32.2. The standard InChI is InChI=1S/C21H25N7O4S/c1-30-15-11-14(12-16(31-2)18(15)32-3)19-24-21(26-25-19)33-13-17(29)27-7-9-28(10-8-27)20-22-5-4-6-23-20/h4-6,11-12H,7-10,13H2,1-3H3,(H,24,25,26). The first-order chi connectivity index (χ1) is 16.1.